The number of nitrogens with one attached hydrogen (secondary N) is 1. The maximum absolute atomic E-state index is 12.5. The van der Waals surface area contributed by atoms with Crippen LogP contribution in [0.4, 0.5) is 0 Å². The second kappa shape index (κ2) is 10.3. The molecule has 1 N–H and O–H groups in total. The number of hydrogen-bond donors (Lipinski definition) is 1. The van der Waals surface area contributed by atoms with Gasteiger partial charge in [0, 0.05) is 49.4 Å². The number of amides is 2. The smallest absolute Gasteiger partial charge is 0.251 e. The fourth-order valence-electron chi connectivity index (χ4n) is 3.36. The van der Waals surface area contributed by atoms with Crippen molar-refractivity contribution >= 4 is 23.4 Å². The standard InChI is InChI=1S/C22H26ClN3O4/c1-29-19-11-17(12-20(13-19)30-2)22(28)24-14-21(27)26-8-6-25(7-9-26)15-16-4-3-5-18(23)10-16/h3-5,10-13H,6-9,14-15H2,1-2H3,(H,24,28). The third-order valence-corrected chi connectivity index (χ3v) is 5.27. The molecule has 1 aliphatic heterocycles. The number of nitrogens with zero attached hydrogens (tertiary/aromatic N) is 2. The first kappa shape index (κ1) is 21.9. The van der Waals surface area contributed by atoms with Gasteiger partial charge in [-0.1, -0.05) is 23.7 Å². The summed E-state index contributed by atoms with van der Waals surface area (Å²) in [5, 5.41) is 3.41. The van der Waals surface area contributed by atoms with Gasteiger partial charge in [-0.25, -0.2) is 0 Å². The average molecular weight is 432 g/mol. The topological polar surface area (TPSA) is 71.1 Å². The van der Waals surface area contributed by atoms with Crippen molar-refractivity contribution < 1.29 is 19.1 Å². The van der Waals surface area contributed by atoms with Crippen LogP contribution < -0.4 is 14.8 Å². The predicted molar refractivity (Wildman–Crippen MR) is 115 cm³/mol. The first-order chi connectivity index (χ1) is 14.5. The summed E-state index contributed by atoms with van der Waals surface area (Å²) < 4.78 is 10.4. The van der Waals surface area contributed by atoms with Gasteiger partial charge in [0.25, 0.3) is 5.91 Å². The Bertz CT molecular complexity index is 875. The van der Waals surface area contributed by atoms with Gasteiger partial charge in [-0.3, -0.25) is 14.5 Å². The Morgan fingerprint density at radius 1 is 1.00 bits per heavy atom. The number of carbonyl (C=O) groups excluding carboxylic acids is 2. The van der Waals surface area contributed by atoms with Crippen LogP contribution in [-0.4, -0.2) is 68.6 Å². The van der Waals surface area contributed by atoms with Crippen molar-refractivity contribution in [2.75, 3.05) is 46.9 Å². The lowest BCUT2D eigenvalue weighted by Crippen LogP contribution is -2.50. The van der Waals surface area contributed by atoms with E-state index in [1.807, 2.05) is 24.3 Å². The molecule has 0 aromatic heterocycles. The van der Waals surface area contributed by atoms with Crippen molar-refractivity contribution in [2.24, 2.45) is 0 Å². The quantitative estimate of drug-likeness (QED) is 0.729. The van der Waals surface area contributed by atoms with Crippen molar-refractivity contribution in [1.29, 1.82) is 0 Å². The van der Waals surface area contributed by atoms with Gasteiger partial charge < -0.3 is 19.7 Å². The molecule has 0 saturated carbocycles. The molecule has 0 radical (unpaired) electrons. The number of ether oxygens (including phenoxy) is 2. The molecule has 7 nitrogen and oxygen atoms in total. The fourth-order valence-corrected chi connectivity index (χ4v) is 3.57. The minimum atomic E-state index is -0.347. The van der Waals surface area contributed by atoms with Crippen LogP contribution >= 0.6 is 11.6 Å². The molecule has 1 saturated heterocycles. The number of methoxy groups -OCH3 is 2. The first-order valence-electron chi connectivity index (χ1n) is 9.74. The molecule has 2 aromatic rings. The summed E-state index contributed by atoms with van der Waals surface area (Å²) in [7, 11) is 3.04. The van der Waals surface area contributed by atoms with Crippen LogP contribution in [0.5, 0.6) is 11.5 Å². The molecule has 3 rings (SSSR count). The highest BCUT2D eigenvalue weighted by Crippen LogP contribution is 2.22. The van der Waals surface area contributed by atoms with Crippen LogP contribution in [0.2, 0.25) is 5.02 Å². The van der Waals surface area contributed by atoms with E-state index in [1.165, 1.54) is 14.2 Å². The summed E-state index contributed by atoms with van der Waals surface area (Å²) >= 11 is 6.05. The van der Waals surface area contributed by atoms with Crippen molar-refractivity contribution in [1.82, 2.24) is 15.1 Å². The maximum Gasteiger partial charge on any atom is 0.251 e. The van der Waals surface area contributed by atoms with E-state index in [0.29, 0.717) is 30.2 Å². The lowest BCUT2D eigenvalue weighted by atomic mass is 10.2. The van der Waals surface area contributed by atoms with Crippen LogP contribution in [0, 0.1) is 0 Å². The third-order valence-electron chi connectivity index (χ3n) is 5.03. The molecule has 2 aromatic carbocycles. The van der Waals surface area contributed by atoms with Crippen molar-refractivity contribution in [2.45, 2.75) is 6.54 Å². The van der Waals surface area contributed by atoms with E-state index in [2.05, 4.69) is 10.2 Å². The van der Waals surface area contributed by atoms with Gasteiger partial charge in [-0.15, -0.1) is 0 Å². The summed E-state index contributed by atoms with van der Waals surface area (Å²) in [5.41, 5.74) is 1.54. The van der Waals surface area contributed by atoms with E-state index in [0.717, 1.165) is 30.2 Å². The fraction of sp³-hybridized carbons (Fsp3) is 0.364. The highest BCUT2D eigenvalue weighted by molar-refractivity contribution is 6.30. The SMILES string of the molecule is COc1cc(OC)cc(C(=O)NCC(=O)N2CCN(Cc3cccc(Cl)c3)CC2)c1. The van der Waals surface area contributed by atoms with Crippen LogP contribution in [0.25, 0.3) is 0 Å². The van der Waals surface area contributed by atoms with Gasteiger partial charge in [0.15, 0.2) is 0 Å². The van der Waals surface area contributed by atoms with E-state index < -0.39 is 0 Å². The molecule has 1 heterocycles. The monoisotopic (exact) mass is 431 g/mol. The van der Waals surface area contributed by atoms with Gasteiger partial charge in [-0.05, 0) is 29.8 Å². The Morgan fingerprint density at radius 3 is 2.27 bits per heavy atom. The first-order valence-corrected chi connectivity index (χ1v) is 10.1. The molecular formula is C22H26ClN3O4. The Hall–Kier alpha value is -2.77. The van der Waals surface area contributed by atoms with Gasteiger partial charge in [-0.2, -0.15) is 0 Å². The molecule has 2 amide bonds. The number of hydrogen-bond acceptors (Lipinski definition) is 5. The lowest BCUT2D eigenvalue weighted by molar-refractivity contribution is -0.131. The molecule has 0 bridgehead atoms. The largest absolute Gasteiger partial charge is 0.497 e. The molecule has 160 valence electrons. The highest BCUT2D eigenvalue weighted by atomic mass is 35.5. The summed E-state index contributed by atoms with van der Waals surface area (Å²) in [6.07, 6.45) is 0. The molecule has 0 unspecified atom stereocenters. The second-order valence-electron chi connectivity index (χ2n) is 7.07. The van der Waals surface area contributed by atoms with Gasteiger partial charge in [0.05, 0.1) is 20.8 Å². The zero-order valence-corrected chi connectivity index (χ0v) is 17.9. The third kappa shape index (κ3) is 5.87. The molecule has 8 heteroatoms. The Kier molecular flexibility index (Phi) is 7.54. The number of halogens is 1. The number of carbonyl (C=O) groups is 2. The Labute approximate surface area is 181 Å². The van der Waals surface area contributed by atoms with Gasteiger partial charge >= 0.3 is 0 Å². The van der Waals surface area contributed by atoms with E-state index in [-0.39, 0.29) is 18.4 Å². The average Bonchev–Trinajstić information content (AvgIpc) is 2.77. The van der Waals surface area contributed by atoms with Crippen LogP contribution in [-0.2, 0) is 11.3 Å². The highest BCUT2D eigenvalue weighted by Gasteiger charge is 2.22. The number of piperazine rings is 1. The zero-order chi connectivity index (χ0) is 21.5. The van der Waals surface area contributed by atoms with E-state index >= 15 is 0 Å². The normalized spacial score (nSPS) is 14.3. The Balaban J connectivity index is 1.47. The van der Waals surface area contributed by atoms with E-state index in [9.17, 15) is 9.59 Å². The summed E-state index contributed by atoms with van der Waals surface area (Å²) in [6.45, 7) is 3.56. The van der Waals surface area contributed by atoms with Crippen molar-refractivity contribution in [3.05, 3.63) is 58.6 Å². The van der Waals surface area contributed by atoms with Crippen LogP contribution in [0.15, 0.2) is 42.5 Å². The van der Waals surface area contributed by atoms with E-state index in [1.54, 1.807) is 23.1 Å². The molecule has 1 fully saturated rings. The zero-order valence-electron chi connectivity index (χ0n) is 17.2. The molecular weight excluding hydrogens is 406 g/mol. The molecule has 0 aliphatic carbocycles. The summed E-state index contributed by atoms with van der Waals surface area (Å²) in [5.74, 6) is 0.587. The maximum atomic E-state index is 12.5. The lowest BCUT2D eigenvalue weighted by Gasteiger charge is -2.34. The molecule has 30 heavy (non-hydrogen) atoms. The minimum Gasteiger partial charge on any atom is -0.497 e. The Morgan fingerprint density at radius 2 is 1.67 bits per heavy atom. The van der Waals surface area contributed by atoms with E-state index in [4.69, 9.17) is 21.1 Å². The second-order valence-corrected chi connectivity index (χ2v) is 7.51. The number of rotatable bonds is 7. The predicted octanol–water partition coefficient (Wildman–Crippen LogP) is 2.43. The summed E-state index contributed by atoms with van der Waals surface area (Å²) in [4.78, 5) is 29.0. The minimum absolute atomic E-state index is 0.0490. The van der Waals surface area contributed by atoms with Crippen molar-refractivity contribution in [3.63, 3.8) is 0 Å². The molecule has 0 spiro atoms. The summed E-state index contributed by atoms with van der Waals surface area (Å²) in [6, 6.07) is 12.7. The van der Waals surface area contributed by atoms with Crippen LogP contribution in [0.3, 0.4) is 0 Å². The molecule has 0 atom stereocenters. The number of benzene rings is 2. The van der Waals surface area contributed by atoms with Crippen molar-refractivity contribution in [3.8, 4) is 11.5 Å². The van der Waals surface area contributed by atoms with Gasteiger partial charge in [0.1, 0.15) is 11.5 Å². The van der Waals surface area contributed by atoms with Gasteiger partial charge in [0.2, 0.25) is 5.91 Å². The molecule has 1 aliphatic rings. The van der Waals surface area contributed by atoms with Crippen LogP contribution in [0.1, 0.15) is 15.9 Å².